The van der Waals surface area contributed by atoms with E-state index in [0.29, 0.717) is 12.2 Å². The molecule has 96 valence electrons. The highest BCUT2D eigenvalue weighted by atomic mass is 32.1. The van der Waals surface area contributed by atoms with Crippen LogP contribution in [0.5, 0.6) is 0 Å². The zero-order chi connectivity index (χ0) is 13.2. The van der Waals surface area contributed by atoms with Gasteiger partial charge in [-0.2, -0.15) is 0 Å². The number of hydrogen-bond donors (Lipinski definition) is 1. The number of amides is 1. The average Bonchev–Trinajstić information content (AvgIpc) is 3.06. The van der Waals surface area contributed by atoms with Gasteiger partial charge in [-0.15, -0.1) is 11.3 Å². The van der Waals surface area contributed by atoms with Crippen molar-refractivity contribution >= 4 is 27.5 Å². The third kappa shape index (κ3) is 2.34. The standard InChI is InChI=1S/C13H12N4OS/c1-17(13(18)10-6-14-8-15-10)7-12-16-9-4-2-3-5-11(9)19-12/h2-6,8H,7H2,1H3,(H,14,15). The number of H-pyrrole nitrogens is 1. The fourth-order valence-corrected chi connectivity index (χ4v) is 2.86. The normalized spacial score (nSPS) is 10.8. The largest absolute Gasteiger partial charge is 0.341 e. The Morgan fingerprint density at radius 3 is 3.00 bits per heavy atom. The lowest BCUT2D eigenvalue weighted by Gasteiger charge is -2.13. The van der Waals surface area contributed by atoms with E-state index in [2.05, 4.69) is 15.0 Å². The van der Waals surface area contributed by atoms with Gasteiger partial charge in [0, 0.05) is 7.05 Å². The summed E-state index contributed by atoms with van der Waals surface area (Å²) < 4.78 is 1.14. The maximum atomic E-state index is 12.1. The van der Waals surface area contributed by atoms with Crippen molar-refractivity contribution in [2.45, 2.75) is 6.54 Å². The first-order valence-electron chi connectivity index (χ1n) is 5.82. The third-order valence-corrected chi connectivity index (χ3v) is 3.81. The predicted octanol–water partition coefficient (Wildman–Crippen LogP) is 2.29. The van der Waals surface area contributed by atoms with Gasteiger partial charge in [0.2, 0.25) is 0 Å². The summed E-state index contributed by atoms with van der Waals surface area (Å²) >= 11 is 1.61. The molecular weight excluding hydrogens is 260 g/mol. The van der Waals surface area contributed by atoms with E-state index >= 15 is 0 Å². The Kier molecular flexibility index (Phi) is 3.00. The molecule has 5 nitrogen and oxygen atoms in total. The predicted molar refractivity (Wildman–Crippen MR) is 74.0 cm³/mol. The van der Waals surface area contributed by atoms with Gasteiger partial charge in [0.1, 0.15) is 10.7 Å². The molecule has 0 fully saturated rings. The summed E-state index contributed by atoms with van der Waals surface area (Å²) in [6.07, 6.45) is 3.02. The first kappa shape index (κ1) is 11.9. The summed E-state index contributed by atoms with van der Waals surface area (Å²) in [7, 11) is 1.76. The molecule has 0 saturated carbocycles. The van der Waals surface area contributed by atoms with E-state index in [-0.39, 0.29) is 5.91 Å². The second kappa shape index (κ2) is 4.81. The van der Waals surface area contributed by atoms with Gasteiger partial charge in [0.25, 0.3) is 5.91 Å². The molecule has 1 amide bonds. The van der Waals surface area contributed by atoms with Crippen LogP contribution >= 0.6 is 11.3 Å². The first-order chi connectivity index (χ1) is 9.24. The van der Waals surface area contributed by atoms with Crippen molar-refractivity contribution in [1.29, 1.82) is 0 Å². The Morgan fingerprint density at radius 1 is 1.42 bits per heavy atom. The van der Waals surface area contributed by atoms with Crippen molar-refractivity contribution < 1.29 is 4.79 Å². The third-order valence-electron chi connectivity index (χ3n) is 2.79. The molecule has 0 saturated heterocycles. The van der Waals surface area contributed by atoms with Gasteiger partial charge in [0.15, 0.2) is 0 Å². The molecule has 2 aromatic heterocycles. The number of para-hydroxylation sites is 1. The lowest BCUT2D eigenvalue weighted by Crippen LogP contribution is -2.26. The van der Waals surface area contributed by atoms with E-state index in [4.69, 9.17) is 0 Å². The zero-order valence-electron chi connectivity index (χ0n) is 10.3. The Hall–Kier alpha value is -2.21. The summed E-state index contributed by atoms with van der Waals surface area (Å²) in [6, 6.07) is 7.97. The molecule has 1 aromatic carbocycles. The number of hydrogen-bond acceptors (Lipinski definition) is 4. The van der Waals surface area contributed by atoms with E-state index in [1.54, 1.807) is 23.3 Å². The molecule has 3 aromatic rings. The van der Waals surface area contributed by atoms with Crippen molar-refractivity contribution in [2.24, 2.45) is 0 Å². The van der Waals surface area contributed by atoms with E-state index in [9.17, 15) is 4.79 Å². The highest BCUT2D eigenvalue weighted by Crippen LogP contribution is 2.22. The highest BCUT2D eigenvalue weighted by molar-refractivity contribution is 7.18. The quantitative estimate of drug-likeness (QED) is 0.795. The van der Waals surface area contributed by atoms with Gasteiger partial charge in [-0.3, -0.25) is 4.79 Å². The van der Waals surface area contributed by atoms with Crippen LogP contribution in [0.3, 0.4) is 0 Å². The number of rotatable bonds is 3. The maximum Gasteiger partial charge on any atom is 0.272 e. The van der Waals surface area contributed by atoms with Crippen molar-refractivity contribution in [2.75, 3.05) is 7.05 Å². The molecule has 0 bridgehead atoms. The molecule has 19 heavy (non-hydrogen) atoms. The van der Waals surface area contributed by atoms with Crippen molar-refractivity contribution in [1.82, 2.24) is 19.9 Å². The summed E-state index contributed by atoms with van der Waals surface area (Å²) in [5.41, 5.74) is 1.47. The summed E-state index contributed by atoms with van der Waals surface area (Å²) in [4.78, 5) is 24.9. The molecule has 0 atom stereocenters. The van der Waals surface area contributed by atoms with Crippen molar-refractivity contribution in [3.05, 3.63) is 47.5 Å². The number of carbonyl (C=O) groups excluding carboxylic acids is 1. The molecule has 6 heteroatoms. The fourth-order valence-electron chi connectivity index (χ4n) is 1.84. The number of fused-ring (bicyclic) bond motifs is 1. The molecule has 0 spiro atoms. The van der Waals surface area contributed by atoms with Crippen LogP contribution in [0, 0.1) is 0 Å². The molecule has 2 heterocycles. The number of aromatic nitrogens is 3. The SMILES string of the molecule is CN(Cc1nc2ccccc2s1)C(=O)c1cnc[nH]1. The molecular formula is C13H12N4OS. The molecule has 1 N–H and O–H groups in total. The zero-order valence-corrected chi connectivity index (χ0v) is 11.1. The van der Waals surface area contributed by atoms with Crippen LogP contribution in [0.25, 0.3) is 10.2 Å². The molecule has 0 unspecified atom stereocenters. The van der Waals surface area contributed by atoms with Gasteiger partial charge in [-0.1, -0.05) is 12.1 Å². The topological polar surface area (TPSA) is 61.9 Å². The van der Waals surface area contributed by atoms with Crippen LogP contribution in [-0.4, -0.2) is 32.8 Å². The summed E-state index contributed by atoms with van der Waals surface area (Å²) in [5, 5.41) is 0.927. The van der Waals surface area contributed by atoms with Crippen LogP contribution in [0.2, 0.25) is 0 Å². The molecule has 0 aliphatic heterocycles. The molecule has 0 aliphatic carbocycles. The minimum absolute atomic E-state index is 0.0863. The second-order valence-corrected chi connectivity index (χ2v) is 5.32. The van der Waals surface area contributed by atoms with Crippen LogP contribution in [-0.2, 0) is 6.54 Å². The van der Waals surface area contributed by atoms with Crippen LogP contribution in [0.15, 0.2) is 36.8 Å². The van der Waals surface area contributed by atoms with Gasteiger partial charge in [0.05, 0.1) is 29.3 Å². The Balaban J connectivity index is 1.79. The number of nitrogens with zero attached hydrogens (tertiary/aromatic N) is 3. The second-order valence-electron chi connectivity index (χ2n) is 4.20. The monoisotopic (exact) mass is 272 g/mol. The number of benzene rings is 1. The van der Waals surface area contributed by atoms with Crippen LogP contribution in [0.1, 0.15) is 15.5 Å². The number of aromatic amines is 1. The van der Waals surface area contributed by atoms with Gasteiger partial charge >= 0.3 is 0 Å². The fraction of sp³-hybridized carbons (Fsp3) is 0.154. The minimum Gasteiger partial charge on any atom is -0.341 e. The molecule has 3 rings (SSSR count). The first-order valence-corrected chi connectivity index (χ1v) is 6.64. The van der Waals surface area contributed by atoms with Crippen molar-refractivity contribution in [3.63, 3.8) is 0 Å². The summed E-state index contributed by atoms with van der Waals surface area (Å²) in [6.45, 7) is 0.497. The number of thiazole rings is 1. The van der Waals surface area contributed by atoms with Crippen LogP contribution < -0.4 is 0 Å². The van der Waals surface area contributed by atoms with Gasteiger partial charge in [-0.05, 0) is 12.1 Å². The summed E-state index contributed by atoms with van der Waals surface area (Å²) in [5.74, 6) is -0.0863. The Labute approximate surface area is 113 Å². The average molecular weight is 272 g/mol. The smallest absolute Gasteiger partial charge is 0.272 e. The minimum atomic E-state index is -0.0863. The van der Waals surface area contributed by atoms with E-state index in [0.717, 1.165) is 15.2 Å². The van der Waals surface area contributed by atoms with Crippen molar-refractivity contribution in [3.8, 4) is 0 Å². The Bertz CT molecular complexity index is 671. The number of imidazole rings is 1. The van der Waals surface area contributed by atoms with Gasteiger partial charge < -0.3 is 9.88 Å². The maximum absolute atomic E-state index is 12.1. The van der Waals surface area contributed by atoms with Gasteiger partial charge in [-0.25, -0.2) is 9.97 Å². The van der Waals surface area contributed by atoms with E-state index in [1.165, 1.54) is 12.5 Å². The van der Waals surface area contributed by atoms with Crippen LogP contribution in [0.4, 0.5) is 0 Å². The lowest BCUT2D eigenvalue weighted by molar-refractivity contribution is 0.0780. The van der Waals surface area contributed by atoms with E-state index in [1.807, 2.05) is 24.3 Å². The lowest BCUT2D eigenvalue weighted by atomic mass is 10.3. The Morgan fingerprint density at radius 2 is 2.26 bits per heavy atom. The number of nitrogens with one attached hydrogen (secondary N) is 1. The number of carbonyl (C=O) groups is 1. The molecule has 0 radical (unpaired) electrons. The van der Waals surface area contributed by atoms with E-state index < -0.39 is 0 Å². The highest BCUT2D eigenvalue weighted by Gasteiger charge is 2.14. The molecule has 0 aliphatic rings.